The highest BCUT2D eigenvalue weighted by Gasteiger charge is 2.34. The maximum Gasteiger partial charge on any atom is 0.261 e. The smallest absolute Gasteiger partial charge is 0.261 e. The summed E-state index contributed by atoms with van der Waals surface area (Å²) in [4.78, 5) is 41.6. The van der Waals surface area contributed by atoms with E-state index in [1.165, 1.54) is 16.2 Å². The van der Waals surface area contributed by atoms with Crippen molar-refractivity contribution < 1.29 is 18.8 Å². The zero-order chi connectivity index (χ0) is 24.6. The zero-order valence-corrected chi connectivity index (χ0v) is 20.7. The molecule has 4 rings (SSSR count). The van der Waals surface area contributed by atoms with Crippen molar-refractivity contribution in [1.82, 2.24) is 15.5 Å². The van der Waals surface area contributed by atoms with Crippen LogP contribution in [0.3, 0.4) is 0 Å². The van der Waals surface area contributed by atoms with E-state index in [-0.39, 0.29) is 36.9 Å². The van der Waals surface area contributed by atoms with Crippen LogP contribution < -0.4 is 10.6 Å². The van der Waals surface area contributed by atoms with Crippen molar-refractivity contribution in [3.05, 3.63) is 81.9 Å². The number of hydrogen-bond donors (Lipinski definition) is 2. The van der Waals surface area contributed by atoms with E-state index in [0.717, 1.165) is 43.2 Å². The van der Waals surface area contributed by atoms with E-state index in [9.17, 15) is 14.4 Å². The van der Waals surface area contributed by atoms with Gasteiger partial charge in [0.25, 0.3) is 5.91 Å². The van der Waals surface area contributed by atoms with Gasteiger partial charge in [0.2, 0.25) is 11.8 Å². The molecule has 1 atom stereocenters. The van der Waals surface area contributed by atoms with E-state index in [1.807, 2.05) is 29.6 Å². The maximum atomic E-state index is 13.6. The van der Waals surface area contributed by atoms with Gasteiger partial charge in [0.15, 0.2) is 0 Å². The van der Waals surface area contributed by atoms with Crippen LogP contribution in [-0.4, -0.2) is 35.2 Å². The summed E-state index contributed by atoms with van der Waals surface area (Å²) in [5.41, 5.74) is 1.87. The molecule has 3 aromatic rings. The fraction of sp³-hybridized carbons (Fsp3) is 0.370. The van der Waals surface area contributed by atoms with E-state index in [0.29, 0.717) is 10.6 Å². The number of benzene rings is 1. The number of furan rings is 1. The Bertz CT molecular complexity index is 1100. The van der Waals surface area contributed by atoms with Crippen molar-refractivity contribution >= 4 is 29.1 Å². The molecule has 1 aliphatic rings. The summed E-state index contributed by atoms with van der Waals surface area (Å²) in [6.45, 7) is 1.96. The van der Waals surface area contributed by atoms with Gasteiger partial charge in [-0.25, -0.2) is 0 Å². The second-order valence-electron chi connectivity index (χ2n) is 8.75. The van der Waals surface area contributed by atoms with Crippen LogP contribution in [0.25, 0.3) is 0 Å². The summed E-state index contributed by atoms with van der Waals surface area (Å²) in [7, 11) is 0. The first-order valence-electron chi connectivity index (χ1n) is 12.1. The maximum absolute atomic E-state index is 13.6. The summed E-state index contributed by atoms with van der Waals surface area (Å²) >= 11 is 1.31. The first kappa shape index (κ1) is 24.7. The van der Waals surface area contributed by atoms with Crippen molar-refractivity contribution in [2.45, 2.75) is 57.7 Å². The third-order valence-corrected chi connectivity index (χ3v) is 7.21. The van der Waals surface area contributed by atoms with E-state index < -0.39 is 6.04 Å². The van der Waals surface area contributed by atoms with Gasteiger partial charge in [0.05, 0.1) is 24.2 Å². The van der Waals surface area contributed by atoms with Gasteiger partial charge in [-0.1, -0.05) is 50.1 Å². The molecule has 8 heteroatoms. The molecule has 2 N–H and O–H groups in total. The van der Waals surface area contributed by atoms with E-state index in [1.54, 1.807) is 30.5 Å². The van der Waals surface area contributed by atoms with E-state index in [2.05, 4.69) is 17.6 Å². The van der Waals surface area contributed by atoms with Crippen molar-refractivity contribution in [2.75, 3.05) is 6.54 Å². The van der Waals surface area contributed by atoms with Crippen LogP contribution in [0.5, 0.6) is 0 Å². The largest absolute Gasteiger partial charge is 0.467 e. The average Bonchev–Trinajstić information content (AvgIpc) is 3.66. The lowest BCUT2D eigenvalue weighted by atomic mass is 10.0. The van der Waals surface area contributed by atoms with Gasteiger partial charge in [0, 0.05) is 6.04 Å². The average molecular weight is 494 g/mol. The molecule has 0 bridgehead atoms. The van der Waals surface area contributed by atoms with Gasteiger partial charge >= 0.3 is 0 Å². The van der Waals surface area contributed by atoms with Crippen molar-refractivity contribution in [3.63, 3.8) is 0 Å². The first-order valence-corrected chi connectivity index (χ1v) is 13.0. The Labute approximate surface area is 209 Å². The Morgan fingerprint density at radius 2 is 1.86 bits per heavy atom. The van der Waals surface area contributed by atoms with Crippen molar-refractivity contribution in [3.8, 4) is 0 Å². The van der Waals surface area contributed by atoms with Crippen LogP contribution in [0.1, 0.15) is 65.2 Å². The van der Waals surface area contributed by atoms with Gasteiger partial charge < -0.3 is 20.0 Å². The third-order valence-electron chi connectivity index (χ3n) is 6.34. The van der Waals surface area contributed by atoms with Gasteiger partial charge in [-0.15, -0.1) is 11.3 Å². The highest BCUT2D eigenvalue weighted by atomic mass is 32.1. The van der Waals surface area contributed by atoms with Crippen LogP contribution in [0, 0.1) is 0 Å². The molecular formula is C27H31N3O4S. The number of carbonyl (C=O) groups is 3. The molecule has 184 valence electrons. The predicted octanol–water partition coefficient (Wildman–Crippen LogP) is 4.46. The number of aryl methyl sites for hydroxylation is 1. The lowest BCUT2D eigenvalue weighted by molar-refractivity contribution is -0.141. The topological polar surface area (TPSA) is 91.7 Å². The van der Waals surface area contributed by atoms with Crippen LogP contribution >= 0.6 is 11.3 Å². The Hall–Kier alpha value is -3.39. The predicted molar refractivity (Wildman–Crippen MR) is 135 cm³/mol. The van der Waals surface area contributed by atoms with E-state index in [4.69, 9.17) is 4.42 Å². The summed E-state index contributed by atoms with van der Waals surface area (Å²) in [6.07, 6.45) is 6.48. The van der Waals surface area contributed by atoms with Crippen molar-refractivity contribution in [2.24, 2.45) is 0 Å². The number of rotatable bonds is 10. The molecule has 0 saturated heterocycles. The first-order chi connectivity index (χ1) is 17.0. The molecule has 1 aromatic carbocycles. The third kappa shape index (κ3) is 6.39. The molecule has 3 amide bonds. The number of nitrogens with one attached hydrogen (secondary N) is 2. The van der Waals surface area contributed by atoms with Crippen LogP contribution in [0.2, 0.25) is 0 Å². The van der Waals surface area contributed by atoms with E-state index >= 15 is 0 Å². The molecule has 0 spiro atoms. The zero-order valence-electron chi connectivity index (χ0n) is 19.9. The fourth-order valence-electron chi connectivity index (χ4n) is 4.40. The number of hydrogen-bond acceptors (Lipinski definition) is 5. The lowest BCUT2D eigenvalue weighted by Crippen LogP contribution is -2.48. The lowest BCUT2D eigenvalue weighted by Gasteiger charge is -2.32. The molecule has 2 heterocycles. The summed E-state index contributed by atoms with van der Waals surface area (Å²) in [5, 5.41) is 7.67. The standard InChI is InChI=1S/C27H31N3O4S/c1-2-19-11-13-20(14-12-19)25(27(33)29-21-7-3-4-8-21)30(18-22-9-5-15-34-22)24(31)17-28-26(32)23-10-6-16-35-23/h5-6,9-16,21,25H,2-4,7-8,17-18H2,1H3,(H,28,32)(H,29,33). The second kappa shape index (κ2) is 11.8. The molecule has 35 heavy (non-hydrogen) atoms. The molecule has 1 fully saturated rings. The molecule has 1 aliphatic carbocycles. The quantitative estimate of drug-likeness (QED) is 0.436. The molecule has 1 saturated carbocycles. The number of nitrogens with zero attached hydrogens (tertiary/aromatic N) is 1. The minimum absolute atomic E-state index is 0.110. The molecule has 0 aliphatic heterocycles. The molecule has 2 aromatic heterocycles. The second-order valence-corrected chi connectivity index (χ2v) is 9.70. The molecule has 1 unspecified atom stereocenters. The summed E-state index contributed by atoms with van der Waals surface area (Å²) in [5.74, 6) is -0.333. The Balaban J connectivity index is 1.61. The Morgan fingerprint density at radius 3 is 2.49 bits per heavy atom. The van der Waals surface area contributed by atoms with Crippen molar-refractivity contribution in [1.29, 1.82) is 0 Å². The minimum Gasteiger partial charge on any atom is -0.467 e. The van der Waals surface area contributed by atoms with Gasteiger partial charge in [-0.05, 0) is 54.0 Å². The van der Waals surface area contributed by atoms with Gasteiger partial charge in [0.1, 0.15) is 11.8 Å². The summed E-state index contributed by atoms with van der Waals surface area (Å²) in [6, 6.07) is 14.1. The number of carbonyl (C=O) groups excluding carboxylic acids is 3. The minimum atomic E-state index is -0.849. The number of thiophene rings is 1. The fourth-order valence-corrected chi connectivity index (χ4v) is 5.05. The SMILES string of the molecule is CCc1ccc(C(C(=O)NC2CCCC2)N(Cc2ccco2)C(=O)CNC(=O)c2cccs2)cc1. The highest BCUT2D eigenvalue weighted by molar-refractivity contribution is 7.12. The molecule has 7 nitrogen and oxygen atoms in total. The number of amides is 3. The highest BCUT2D eigenvalue weighted by Crippen LogP contribution is 2.26. The van der Waals surface area contributed by atoms with Crippen LogP contribution in [0.4, 0.5) is 0 Å². The Kier molecular flexibility index (Phi) is 8.36. The monoisotopic (exact) mass is 493 g/mol. The normalized spacial score (nSPS) is 14.4. The van der Waals surface area contributed by atoms with Crippen LogP contribution in [-0.2, 0) is 22.6 Å². The Morgan fingerprint density at radius 1 is 1.09 bits per heavy atom. The molecular weight excluding hydrogens is 462 g/mol. The summed E-state index contributed by atoms with van der Waals surface area (Å²) < 4.78 is 5.52. The van der Waals surface area contributed by atoms with Gasteiger partial charge in [-0.2, -0.15) is 0 Å². The van der Waals surface area contributed by atoms with Gasteiger partial charge in [-0.3, -0.25) is 14.4 Å². The van der Waals surface area contributed by atoms with Crippen LogP contribution in [0.15, 0.2) is 64.6 Å². The molecule has 0 radical (unpaired) electrons.